The van der Waals surface area contributed by atoms with Crippen LogP contribution < -0.4 is 5.73 Å². The molecule has 13 heavy (non-hydrogen) atoms. The summed E-state index contributed by atoms with van der Waals surface area (Å²) in [5, 5.41) is 2.32. The van der Waals surface area contributed by atoms with Gasteiger partial charge in [-0.3, -0.25) is 0 Å². The fourth-order valence-corrected chi connectivity index (χ4v) is 1.42. The van der Waals surface area contributed by atoms with Gasteiger partial charge in [0.05, 0.1) is 10.6 Å². The molecule has 0 fully saturated rings. The maximum Gasteiger partial charge on any atom is 0.339 e. The van der Waals surface area contributed by atoms with E-state index in [-0.39, 0.29) is 5.97 Å². The van der Waals surface area contributed by atoms with Crippen LogP contribution in [0.25, 0.3) is 0 Å². The SMILES string of the molecule is CC(C)(C)OC(=O)c1csc(N)c1. The third-order valence-electron chi connectivity index (χ3n) is 1.25. The van der Waals surface area contributed by atoms with Crippen LogP contribution in [0.15, 0.2) is 11.4 Å². The molecule has 1 heterocycles. The van der Waals surface area contributed by atoms with Crippen molar-refractivity contribution in [3.8, 4) is 0 Å². The summed E-state index contributed by atoms with van der Waals surface area (Å²) in [5.74, 6) is -0.319. The molecule has 0 saturated carbocycles. The van der Waals surface area contributed by atoms with Gasteiger partial charge in [0.2, 0.25) is 0 Å². The number of carbonyl (C=O) groups is 1. The van der Waals surface area contributed by atoms with Crippen LogP contribution in [0.2, 0.25) is 0 Å². The lowest BCUT2D eigenvalue weighted by Gasteiger charge is -2.18. The summed E-state index contributed by atoms with van der Waals surface area (Å²) in [6.07, 6.45) is 0. The molecule has 0 aliphatic heterocycles. The number of carbonyl (C=O) groups excluding carboxylic acids is 1. The Bertz CT molecular complexity index is 312. The van der Waals surface area contributed by atoms with Crippen molar-refractivity contribution in [3.63, 3.8) is 0 Å². The lowest BCUT2D eigenvalue weighted by Crippen LogP contribution is -2.23. The Labute approximate surface area is 81.5 Å². The van der Waals surface area contributed by atoms with Crippen LogP contribution in [-0.4, -0.2) is 11.6 Å². The van der Waals surface area contributed by atoms with E-state index in [1.54, 1.807) is 11.4 Å². The monoisotopic (exact) mass is 199 g/mol. The maximum absolute atomic E-state index is 11.4. The maximum atomic E-state index is 11.4. The lowest BCUT2D eigenvalue weighted by molar-refractivity contribution is 0.00702. The Morgan fingerprint density at radius 1 is 1.54 bits per heavy atom. The quantitative estimate of drug-likeness (QED) is 0.706. The van der Waals surface area contributed by atoms with E-state index in [0.29, 0.717) is 10.6 Å². The first kappa shape index (κ1) is 10.1. The molecule has 0 aliphatic carbocycles. The lowest BCUT2D eigenvalue weighted by atomic mass is 10.2. The summed E-state index contributed by atoms with van der Waals surface area (Å²) in [4.78, 5) is 11.4. The summed E-state index contributed by atoms with van der Waals surface area (Å²) >= 11 is 1.34. The van der Waals surface area contributed by atoms with Crippen molar-refractivity contribution in [3.05, 3.63) is 17.0 Å². The highest BCUT2D eigenvalue weighted by Crippen LogP contribution is 2.19. The Morgan fingerprint density at radius 3 is 2.54 bits per heavy atom. The van der Waals surface area contributed by atoms with E-state index in [1.807, 2.05) is 20.8 Å². The first-order valence-corrected chi connectivity index (χ1v) is 4.84. The molecule has 72 valence electrons. The number of nitrogens with two attached hydrogens (primary N) is 1. The first-order chi connectivity index (χ1) is 5.88. The minimum atomic E-state index is -0.451. The average molecular weight is 199 g/mol. The molecule has 1 rings (SSSR count). The second-order valence-electron chi connectivity index (χ2n) is 3.74. The first-order valence-electron chi connectivity index (χ1n) is 3.96. The molecule has 0 atom stereocenters. The molecule has 1 aromatic rings. The van der Waals surface area contributed by atoms with E-state index in [0.717, 1.165) is 0 Å². The molecular formula is C9H13NO2S. The molecular weight excluding hydrogens is 186 g/mol. The molecule has 0 aliphatic rings. The molecule has 0 radical (unpaired) electrons. The second-order valence-corrected chi connectivity index (χ2v) is 4.68. The van der Waals surface area contributed by atoms with Crippen molar-refractivity contribution in [2.45, 2.75) is 26.4 Å². The molecule has 0 saturated heterocycles. The van der Waals surface area contributed by atoms with Crippen LogP contribution in [-0.2, 0) is 4.74 Å². The van der Waals surface area contributed by atoms with Crippen LogP contribution in [0.3, 0.4) is 0 Å². The number of hydrogen-bond acceptors (Lipinski definition) is 4. The van der Waals surface area contributed by atoms with Gasteiger partial charge in [-0.15, -0.1) is 11.3 Å². The molecule has 3 nitrogen and oxygen atoms in total. The third kappa shape index (κ3) is 3.06. The molecule has 0 bridgehead atoms. The predicted octanol–water partition coefficient (Wildman–Crippen LogP) is 2.29. The molecule has 1 aromatic heterocycles. The zero-order valence-corrected chi connectivity index (χ0v) is 8.77. The van der Waals surface area contributed by atoms with Gasteiger partial charge in [0.1, 0.15) is 5.60 Å². The van der Waals surface area contributed by atoms with Gasteiger partial charge in [0.15, 0.2) is 0 Å². The Kier molecular flexibility index (Phi) is 2.61. The van der Waals surface area contributed by atoms with Crippen molar-refractivity contribution in [2.75, 3.05) is 5.73 Å². The zero-order chi connectivity index (χ0) is 10.1. The summed E-state index contributed by atoms with van der Waals surface area (Å²) in [5.41, 5.74) is 5.57. The Hall–Kier alpha value is -1.03. The van der Waals surface area contributed by atoms with Crippen LogP contribution in [0.5, 0.6) is 0 Å². The van der Waals surface area contributed by atoms with Crippen molar-refractivity contribution >= 4 is 22.3 Å². The minimum absolute atomic E-state index is 0.319. The number of esters is 1. The van der Waals surface area contributed by atoms with E-state index < -0.39 is 5.60 Å². The summed E-state index contributed by atoms with van der Waals surface area (Å²) in [6.45, 7) is 5.50. The van der Waals surface area contributed by atoms with Crippen molar-refractivity contribution in [2.24, 2.45) is 0 Å². The molecule has 0 aromatic carbocycles. The van der Waals surface area contributed by atoms with Crippen LogP contribution >= 0.6 is 11.3 Å². The molecule has 0 unspecified atom stereocenters. The second kappa shape index (κ2) is 3.38. The van der Waals surface area contributed by atoms with Gasteiger partial charge in [-0.2, -0.15) is 0 Å². The summed E-state index contributed by atoms with van der Waals surface area (Å²) < 4.78 is 5.15. The van der Waals surface area contributed by atoms with Gasteiger partial charge in [0, 0.05) is 5.38 Å². The fraction of sp³-hybridized carbons (Fsp3) is 0.444. The minimum Gasteiger partial charge on any atom is -0.456 e. The average Bonchev–Trinajstić information content (AvgIpc) is 2.31. The van der Waals surface area contributed by atoms with Crippen LogP contribution in [0, 0.1) is 0 Å². The fourth-order valence-electron chi connectivity index (χ4n) is 0.797. The highest BCUT2D eigenvalue weighted by atomic mass is 32.1. The van der Waals surface area contributed by atoms with E-state index in [4.69, 9.17) is 10.5 Å². The number of thiophene rings is 1. The normalized spacial score (nSPS) is 11.3. The standard InChI is InChI=1S/C9H13NO2S/c1-9(2,3)12-8(11)6-4-7(10)13-5-6/h4-5H,10H2,1-3H3. The van der Waals surface area contributed by atoms with Gasteiger partial charge in [-0.25, -0.2) is 4.79 Å². The Morgan fingerprint density at radius 2 is 2.15 bits per heavy atom. The van der Waals surface area contributed by atoms with Gasteiger partial charge in [-0.05, 0) is 26.8 Å². The predicted molar refractivity (Wildman–Crippen MR) is 53.9 cm³/mol. The van der Waals surface area contributed by atoms with E-state index in [9.17, 15) is 4.79 Å². The third-order valence-corrected chi connectivity index (χ3v) is 2.02. The van der Waals surface area contributed by atoms with Crippen LogP contribution in [0.4, 0.5) is 5.00 Å². The highest BCUT2D eigenvalue weighted by Gasteiger charge is 2.18. The van der Waals surface area contributed by atoms with E-state index in [1.165, 1.54) is 11.3 Å². The smallest absolute Gasteiger partial charge is 0.339 e. The molecule has 2 N–H and O–H groups in total. The van der Waals surface area contributed by atoms with Crippen LogP contribution in [0.1, 0.15) is 31.1 Å². The van der Waals surface area contributed by atoms with Crippen molar-refractivity contribution in [1.29, 1.82) is 0 Å². The van der Waals surface area contributed by atoms with Gasteiger partial charge in [0.25, 0.3) is 0 Å². The summed E-state index contributed by atoms with van der Waals surface area (Å²) in [6, 6.07) is 1.62. The summed E-state index contributed by atoms with van der Waals surface area (Å²) in [7, 11) is 0. The number of ether oxygens (including phenoxy) is 1. The molecule has 4 heteroatoms. The Balaban J connectivity index is 2.70. The van der Waals surface area contributed by atoms with E-state index in [2.05, 4.69) is 0 Å². The van der Waals surface area contributed by atoms with Gasteiger partial charge in [-0.1, -0.05) is 0 Å². The molecule has 0 amide bonds. The number of nitrogen functional groups attached to an aromatic ring is 1. The largest absolute Gasteiger partial charge is 0.456 e. The van der Waals surface area contributed by atoms with Gasteiger partial charge < -0.3 is 10.5 Å². The van der Waals surface area contributed by atoms with Crippen molar-refractivity contribution in [1.82, 2.24) is 0 Å². The van der Waals surface area contributed by atoms with Gasteiger partial charge >= 0.3 is 5.97 Å². The zero-order valence-electron chi connectivity index (χ0n) is 7.96. The molecule has 0 spiro atoms. The number of rotatable bonds is 1. The van der Waals surface area contributed by atoms with E-state index >= 15 is 0 Å². The highest BCUT2D eigenvalue weighted by molar-refractivity contribution is 7.14. The van der Waals surface area contributed by atoms with Crippen molar-refractivity contribution < 1.29 is 9.53 Å². The topological polar surface area (TPSA) is 52.3 Å². The number of anilines is 1. The number of hydrogen-bond donors (Lipinski definition) is 1.